The van der Waals surface area contributed by atoms with Gasteiger partial charge in [-0.2, -0.15) is 13.2 Å². The zero-order chi connectivity index (χ0) is 19.8. The Balaban J connectivity index is 2.26. The Labute approximate surface area is 149 Å². The van der Waals surface area contributed by atoms with Gasteiger partial charge < -0.3 is 0 Å². The Morgan fingerprint density at radius 1 is 0.923 bits per heavy atom. The molecule has 10 heteroatoms. The third-order valence-corrected chi connectivity index (χ3v) is 6.28. The Kier molecular flexibility index (Phi) is 5.50. The van der Waals surface area contributed by atoms with Gasteiger partial charge in [0.1, 0.15) is 0 Å². The Morgan fingerprint density at radius 2 is 1.50 bits per heavy atom. The predicted molar refractivity (Wildman–Crippen MR) is 89.7 cm³/mol. The van der Waals surface area contributed by atoms with Crippen LogP contribution in [0.25, 0.3) is 0 Å². The molecule has 0 bridgehead atoms. The third-order valence-electron chi connectivity index (χ3n) is 3.61. The standard InChI is InChI=1S/C16H16F3NO4S2/c1-11(12-6-8-14(9-7-12)25(2,21)22)20-26(23,24)15-5-3-4-13(10-15)16(17,18)19/h3-11,20H,1-2H3. The average molecular weight is 407 g/mol. The summed E-state index contributed by atoms with van der Waals surface area (Å²) in [6.45, 7) is 1.50. The molecule has 0 saturated carbocycles. The van der Waals surface area contributed by atoms with Gasteiger partial charge in [0.25, 0.3) is 0 Å². The lowest BCUT2D eigenvalue weighted by Crippen LogP contribution is -2.27. The van der Waals surface area contributed by atoms with E-state index in [-0.39, 0.29) is 4.90 Å². The van der Waals surface area contributed by atoms with Crippen molar-refractivity contribution in [2.75, 3.05) is 6.26 Å². The van der Waals surface area contributed by atoms with Crippen LogP contribution in [0, 0.1) is 0 Å². The Morgan fingerprint density at radius 3 is 2.00 bits per heavy atom. The van der Waals surface area contributed by atoms with E-state index in [2.05, 4.69) is 4.72 Å². The van der Waals surface area contributed by atoms with E-state index in [1.807, 2.05) is 0 Å². The summed E-state index contributed by atoms with van der Waals surface area (Å²) in [6.07, 6.45) is -3.61. The van der Waals surface area contributed by atoms with E-state index in [1.54, 1.807) is 0 Å². The van der Waals surface area contributed by atoms with Gasteiger partial charge in [-0.1, -0.05) is 18.2 Å². The van der Waals surface area contributed by atoms with Gasteiger partial charge in [-0.3, -0.25) is 0 Å². The van der Waals surface area contributed by atoms with Gasteiger partial charge >= 0.3 is 6.18 Å². The van der Waals surface area contributed by atoms with Crippen molar-refractivity contribution in [1.82, 2.24) is 4.72 Å². The number of halogens is 3. The summed E-state index contributed by atoms with van der Waals surface area (Å²) in [5, 5.41) is 0. The van der Waals surface area contributed by atoms with Gasteiger partial charge in [-0.25, -0.2) is 21.6 Å². The van der Waals surface area contributed by atoms with Crippen molar-refractivity contribution in [3.05, 3.63) is 59.7 Å². The molecule has 1 atom stereocenters. The van der Waals surface area contributed by atoms with Crippen LogP contribution < -0.4 is 4.72 Å². The van der Waals surface area contributed by atoms with E-state index in [1.165, 1.54) is 31.2 Å². The molecule has 0 radical (unpaired) electrons. The summed E-state index contributed by atoms with van der Waals surface area (Å²) >= 11 is 0. The third kappa shape index (κ3) is 4.83. The maximum atomic E-state index is 12.8. The topological polar surface area (TPSA) is 80.3 Å². The van der Waals surface area contributed by atoms with Crippen LogP contribution in [0.1, 0.15) is 24.1 Å². The fourth-order valence-corrected chi connectivity index (χ4v) is 4.12. The molecule has 0 aromatic heterocycles. The lowest BCUT2D eigenvalue weighted by atomic mass is 10.1. The molecule has 0 heterocycles. The zero-order valence-corrected chi connectivity index (χ0v) is 15.4. The van der Waals surface area contributed by atoms with Gasteiger partial charge in [0.05, 0.1) is 15.4 Å². The molecule has 142 valence electrons. The minimum atomic E-state index is -4.65. The highest BCUT2D eigenvalue weighted by Gasteiger charge is 2.32. The van der Waals surface area contributed by atoms with E-state index < -0.39 is 42.5 Å². The van der Waals surface area contributed by atoms with Gasteiger partial charge in [0.15, 0.2) is 9.84 Å². The Hall–Kier alpha value is -1.91. The van der Waals surface area contributed by atoms with Crippen molar-refractivity contribution in [1.29, 1.82) is 0 Å². The lowest BCUT2D eigenvalue weighted by molar-refractivity contribution is -0.137. The van der Waals surface area contributed by atoms with Crippen molar-refractivity contribution in [3.8, 4) is 0 Å². The average Bonchev–Trinajstić information content (AvgIpc) is 2.53. The molecule has 2 rings (SSSR count). The monoisotopic (exact) mass is 407 g/mol. The van der Waals surface area contributed by atoms with Crippen LogP contribution in [-0.2, 0) is 26.0 Å². The molecule has 2 aromatic carbocycles. The van der Waals surface area contributed by atoms with Crippen molar-refractivity contribution in [2.45, 2.75) is 28.9 Å². The zero-order valence-electron chi connectivity index (χ0n) is 13.8. The van der Waals surface area contributed by atoms with Crippen LogP contribution in [0.15, 0.2) is 58.3 Å². The first-order valence-corrected chi connectivity index (χ1v) is 10.7. The fourth-order valence-electron chi connectivity index (χ4n) is 2.21. The van der Waals surface area contributed by atoms with Crippen LogP contribution in [0.5, 0.6) is 0 Å². The van der Waals surface area contributed by atoms with Gasteiger partial charge in [-0.15, -0.1) is 0 Å². The SMILES string of the molecule is CC(NS(=O)(=O)c1cccc(C(F)(F)F)c1)c1ccc(S(C)(=O)=O)cc1. The smallest absolute Gasteiger partial charge is 0.224 e. The summed E-state index contributed by atoms with van der Waals surface area (Å²) in [4.78, 5) is -0.430. The van der Waals surface area contributed by atoms with Crippen molar-refractivity contribution < 1.29 is 30.0 Å². The van der Waals surface area contributed by atoms with Crippen LogP contribution in [-0.4, -0.2) is 23.1 Å². The molecule has 5 nitrogen and oxygen atoms in total. The number of sulfonamides is 1. The van der Waals surface area contributed by atoms with Crippen molar-refractivity contribution >= 4 is 19.9 Å². The second kappa shape index (κ2) is 7.01. The van der Waals surface area contributed by atoms with E-state index in [0.717, 1.165) is 24.5 Å². The molecule has 0 saturated heterocycles. The van der Waals surface area contributed by atoms with E-state index in [4.69, 9.17) is 0 Å². The van der Waals surface area contributed by atoms with Gasteiger partial charge in [-0.05, 0) is 42.8 Å². The van der Waals surface area contributed by atoms with E-state index >= 15 is 0 Å². The molecule has 1 N–H and O–H groups in total. The number of hydrogen-bond acceptors (Lipinski definition) is 4. The molecule has 0 fully saturated rings. The second-order valence-corrected chi connectivity index (χ2v) is 9.44. The first kappa shape index (κ1) is 20.4. The predicted octanol–water partition coefficient (Wildman–Crippen LogP) is 3.15. The second-order valence-electron chi connectivity index (χ2n) is 5.71. The molecule has 1 unspecified atom stereocenters. The lowest BCUT2D eigenvalue weighted by Gasteiger charge is -2.16. The number of sulfone groups is 1. The number of nitrogens with one attached hydrogen (secondary N) is 1. The summed E-state index contributed by atoms with van der Waals surface area (Å²) < 4.78 is 88.1. The maximum absolute atomic E-state index is 12.8. The molecular formula is C16H16F3NO4S2. The molecule has 0 aliphatic carbocycles. The summed E-state index contributed by atoms with van der Waals surface area (Å²) in [6, 6.07) is 8.20. The molecule has 0 aliphatic rings. The summed E-state index contributed by atoms with van der Waals surface area (Å²) in [5.74, 6) is 0. The largest absolute Gasteiger partial charge is 0.416 e. The van der Waals surface area contributed by atoms with Crippen LogP contribution in [0.3, 0.4) is 0 Å². The molecular weight excluding hydrogens is 391 g/mol. The fraction of sp³-hybridized carbons (Fsp3) is 0.250. The molecule has 26 heavy (non-hydrogen) atoms. The normalized spacial score (nSPS) is 14.2. The molecule has 0 spiro atoms. The minimum Gasteiger partial charge on any atom is -0.224 e. The quantitative estimate of drug-likeness (QED) is 0.826. The van der Waals surface area contributed by atoms with E-state index in [9.17, 15) is 30.0 Å². The van der Waals surface area contributed by atoms with E-state index in [0.29, 0.717) is 11.6 Å². The van der Waals surface area contributed by atoms with Gasteiger partial charge in [0, 0.05) is 12.3 Å². The summed E-state index contributed by atoms with van der Waals surface area (Å²) in [5.41, 5.74) is -0.599. The van der Waals surface area contributed by atoms with Crippen LogP contribution in [0.2, 0.25) is 0 Å². The number of hydrogen-bond donors (Lipinski definition) is 1. The highest BCUT2D eigenvalue weighted by atomic mass is 32.2. The number of benzene rings is 2. The van der Waals surface area contributed by atoms with Gasteiger partial charge in [0.2, 0.25) is 10.0 Å². The van der Waals surface area contributed by atoms with Crippen molar-refractivity contribution in [2.24, 2.45) is 0 Å². The molecule has 0 amide bonds. The highest BCUT2D eigenvalue weighted by molar-refractivity contribution is 7.90. The number of alkyl halides is 3. The minimum absolute atomic E-state index is 0.0779. The first-order valence-electron chi connectivity index (χ1n) is 7.30. The van der Waals surface area contributed by atoms with Crippen molar-refractivity contribution in [3.63, 3.8) is 0 Å². The Bertz CT molecular complexity index is 999. The maximum Gasteiger partial charge on any atom is 0.416 e. The molecule has 0 aliphatic heterocycles. The summed E-state index contributed by atoms with van der Waals surface area (Å²) in [7, 11) is -7.58. The first-order chi connectivity index (χ1) is 11.8. The highest BCUT2D eigenvalue weighted by Crippen LogP contribution is 2.30. The van der Waals surface area contributed by atoms with Crippen LogP contribution in [0.4, 0.5) is 13.2 Å². The van der Waals surface area contributed by atoms with Crippen LogP contribution >= 0.6 is 0 Å². The molecule has 2 aromatic rings. The number of rotatable bonds is 5.